The number of anilines is 1. The minimum atomic E-state index is -4.37. The first-order valence-electron chi connectivity index (χ1n) is 9.96. The third-order valence-corrected chi connectivity index (χ3v) is 7.11. The van der Waals surface area contributed by atoms with Crippen LogP contribution in [0.5, 0.6) is 0 Å². The largest absolute Gasteiger partial charge is 0.410 e. The van der Waals surface area contributed by atoms with Gasteiger partial charge in [-0.3, -0.25) is 4.79 Å². The van der Waals surface area contributed by atoms with E-state index < -0.39 is 12.2 Å². The zero-order valence-corrected chi connectivity index (χ0v) is 15.4. The molecule has 1 aliphatic heterocycles. The summed E-state index contributed by atoms with van der Waals surface area (Å²) in [6.45, 7) is 1.81. The molecule has 1 amide bonds. The van der Waals surface area contributed by atoms with Crippen molar-refractivity contribution < 1.29 is 18.0 Å². The first-order chi connectivity index (χ1) is 12.7. The lowest BCUT2D eigenvalue weighted by atomic mass is 9.53. The molecule has 0 saturated heterocycles. The number of hydrogen-bond acceptors (Lipinski definition) is 3. The highest BCUT2D eigenvalue weighted by Crippen LogP contribution is 2.55. The molecule has 8 heteroatoms. The molecule has 148 valence electrons. The van der Waals surface area contributed by atoms with Crippen molar-refractivity contribution in [2.75, 3.05) is 11.9 Å². The fourth-order valence-electron chi connectivity index (χ4n) is 6.53. The van der Waals surface area contributed by atoms with Gasteiger partial charge in [0.2, 0.25) is 0 Å². The maximum Gasteiger partial charge on any atom is 0.410 e. The smallest absolute Gasteiger partial charge is 0.370 e. The Balaban J connectivity index is 1.44. The van der Waals surface area contributed by atoms with Crippen LogP contribution < -0.4 is 10.6 Å². The first-order valence-corrected chi connectivity index (χ1v) is 9.96. The van der Waals surface area contributed by atoms with Crippen LogP contribution in [0.2, 0.25) is 0 Å². The molecule has 0 aromatic carbocycles. The number of alkyl halides is 3. The quantitative estimate of drug-likeness (QED) is 0.818. The van der Waals surface area contributed by atoms with Gasteiger partial charge < -0.3 is 10.6 Å². The van der Waals surface area contributed by atoms with Crippen molar-refractivity contribution in [2.24, 2.45) is 17.8 Å². The number of nitrogens with zero attached hydrogens (tertiary/aromatic N) is 2. The Morgan fingerprint density at radius 1 is 1.19 bits per heavy atom. The lowest BCUT2D eigenvalue weighted by molar-refractivity contribution is -0.171. The number of carbonyl (C=O) groups is 1. The van der Waals surface area contributed by atoms with Crippen LogP contribution in [0, 0.1) is 24.7 Å². The van der Waals surface area contributed by atoms with Crippen LogP contribution in [-0.2, 0) is 0 Å². The summed E-state index contributed by atoms with van der Waals surface area (Å²) < 4.78 is 41.0. The average molecular weight is 382 g/mol. The van der Waals surface area contributed by atoms with E-state index in [1.165, 1.54) is 19.3 Å². The summed E-state index contributed by atoms with van der Waals surface area (Å²) in [6, 6.07) is -1.67. The van der Waals surface area contributed by atoms with Crippen LogP contribution in [0.1, 0.15) is 67.0 Å². The number of aryl methyl sites for hydroxylation is 1. The number of hydrogen-bond donors (Lipinski definition) is 2. The summed E-state index contributed by atoms with van der Waals surface area (Å²) in [6.07, 6.45) is 2.38. The van der Waals surface area contributed by atoms with E-state index in [0.29, 0.717) is 23.4 Å². The molecule has 1 aromatic heterocycles. The lowest BCUT2D eigenvalue weighted by Gasteiger charge is -2.56. The van der Waals surface area contributed by atoms with Crippen molar-refractivity contribution in [2.45, 2.75) is 69.6 Å². The molecule has 2 heterocycles. The summed E-state index contributed by atoms with van der Waals surface area (Å²) in [4.78, 5) is 13.2. The van der Waals surface area contributed by atoms with E-state index in [1.54, 1.807) is 6.92 Å². The molecule has 0 radical (unpaired) electrons. The van der Waals surface area contributed by atoms with Crippen LogP contribution >= 0.6 is 0 Å². The highest BCUT2D eigenvalue weighted by Gasteiger charge is 2.52. The van der Waals surface area contributed by atoms with Gasteiger partial charge in [0.15, 0.2) is 6.04 Å². The number of halogens is 3. The zero-order chi connectivity index (χ0) is 19.0. The third-order valence-electron chi connectivity index (χ3n) is 7.11. The van der Waals surface area contributed by atoms with E-state index in [9.17, 15) is 18.0 Å². The number of aromatic nitrogens is 2. The molecule has 1 unspecified atom stereocenters. The van der Waals surface area contributed by atoms with Crippen LogP contribution in [0.25, 0.3) is 0 Å². The van der Waals surface area contributed by atoms with Crippen molar-refractivity contribution in [3.05, 3.63) is 11.3 Å². The summed E-state index contributed by atoms with van der Waals surface area (Å²) >= 11 is 0. The maximum absolute atomic E-state index is 13.4. The number of fused-ring (bicyclic) bond motifs is 1. The minimum absolute atomic E-state index is 0.0757. The Bertz CT molecular complexity index is 749. The maximum atomic E-state index is 13.4. The molecule has 27 heavy (non-hydrogen) atoms. The number of amides is 1. The van der Waals surface area contributed by atoms with Gasteiger partial charge in [0.05, 0.1) is 5.69 Å². The molecule has 5 aliphatic rings. The fourth-order valence-corrected chi connectivity index (χ4v) is 6.53. The predicted octanol–water partition coefficient (Wildman–Crippen LogP) is 3.81. The van der Waals surface area contributed by atoms with E-state index in [4.69, 9.17) is 0 Å². The number of nitrogens with one attached hydrogen (secondary N) is 2. The third kappa shape index (κ3) is 2.74. The van der Waals surface area contributed by atoms with Gasteiger partial charge in [0.1, 0.15) is 11.4 Å². The van der Waals surface area contributed by atoms with Crippen LogP contribution in [0.15, 0.2) is 0 Å². The van der Waals surface area contributed by atoms with Crippen molar-refractivity contribution in [1.29, 1.82) is 0 Å². The van der Waals surface area contributed by atoms with Crippen LogP contribution in [0.3, 0.4) is 0 Å². The molecule has 1 atom stereocenters. The van der Waals surface area contributed by atoms with Crippen molar-refractivity contribution in [3.63, 3.8) is 0 Å². The second kappa shape index (κ2) is 5.64. The molecule has 4 bridgehead atoms. The van der Waals surface area contributed by atoms with Crippen LogP contribution in [-0.4, -0.2) is 33.9 Å². The molecular weight excluding hydrogens is 357 g/mol. The molecule has 1 aromatic rings. The molecule has 2 N–H and O–H groups in total. The van der Waals surface area contributed by atoms with Gasteiger partial charge in [0, 0.05) is 12.1 Å². The highest BCUT2D eigenvalue weighted by atomic mass is 19.4. The number of rotatable bonds is 2. The lowest BCUT2D eigenvalue weighted by Crippen LogP contribution is -2.59. The Labute approximate surface area is 156 Å². The molecule has 0 spiro atoms. The summed E-state index contributed by atoms with van der Waals surface area (Å²) in [5.74, 6) is 2.00. The second-order valence-electron chi connectivity index (χ2n) is 9.18. The summed E-state index contributed by atoms with van der Waals surface area (Å²) in [7, 11) is 0. The van der Waals surface area contributed by atoms with E-state index in [1.807, 2.05) is 0 Å². The Morgan fingerprint density at radius 3 is 2.33 bits per heavy atom. The second-order valence-corrected chi connectivity index (χ2v) is 9.18. The van der Waals surface area contributed by atoms with Gasteiger partial charge in [-0.25, -0.2) is 4.68 Å². The van der Waals surface area contributed by atoms with Crippen LogP contribution in [0.4, 0.5) is 19.0 Å². The van der Waals surface area contributed by atoms with E-state index in [2.05, 4.69) is 15.7 Å². The van der Waals surface area contributed by atoms with Crippen molar-refractivity contribution >= 4 is 11.7 Å². The van der Waals surface area contributed by atoms with Gasteiger partial charge >= 0.3 is 6.18 Å². The Hall–Kier alpha value is -1.73. The minimum Gasteiger partial charge on any atom is -0.370 e. The van der Waals surface area contributed by atoms with E-state index in [0.717, 1.165) is 23.9 Å². The topological polar surface area (TPSA) is 59.0 Å². The van der Waals surface area contributed by atoms with E-state index in [-0.39, 0.29) is 35.8 Å². The Kier molecular flexibility index (Phi) is 3.63. The summed E-state index contributed by atoms with van der Waals surface area (Å²) in [5.41, 5.74) is 0.459. The van der Waals surface area contributed by atoms with Gasteiger partial charge in [-0.05, 0) is 69.6 Å². The zero-order valence-electron chi connectivity index (χ0n) is 15.4. The Morgan fingerprint density at radius 2 is 1.78 bits per heavy atom. The predicted molar refractivity (Wildman–Crippen MR) is 93.5 cm³/mol. The highest BCUT2D eigenvalue weighted by molar-refractivity contribution is 6.00. The van der Waals surface area contributed by atoms with Gasteiger partial charge in [-0.15, -0.1) is 0 Å². The monoisotopic (exact) mass is 382 g/mol. The van der Waals surface area contributed by atoms with E-state index >= 15 is 0 Å². The molecule has 6 rings (SSSR count). The SMILES string of the molecule is Cc1nn2c(c1C(=O)NC13CC4CC(CC(C4)C1)C3)NCCC2C(F)(F)F. The standard InChI is InChI=1S/C19H25F3N4O/c1-10-15(16-23-3-2-14(19(20,21)22)26(16)25-10)17(27)24-18-7-11-4-12(8-18)6-13(5-11)9-18/h11-14,23H,2-9H2,1H3,(H,24,27). The molecule has 4 fully saturated rings. The van der Waals surface area contributed by atoms with Crippen molar-refractivity contribution in [1.82, 2.24) is 15.1 Å². The number of carbonyl (C=O) groups excluding carboxylic acids is 1. The van der Waals surface area contributed by atoms with Crippen molar-refractivity contribution in [3.8, 4) is 0 Å². The normalized spacial score (nSPS) is 37.0. The van der Waals surface area contributed by atoms with Gasteiger partial charge in [-0.1, -0.05) is 0 Å². The fraction of sp³-hybridized carbons (Fsp3) is 0.789. The molecular formula is C19H25F3N4O. The first kappa shape index (κ1) is 17.4. The molecule has 5 nitrogen and oxygen atoms in total. The molecule has 4 aliphatic carbocycles. The average Bonchev–Trinajstić information content (AvgIpc) is 2.87. The molecule has 4 saturated carbocycles. The summed E-state index contributed by atoms with van der Waals surface area (Å²) in [5, 5.41) is 10.3. The van der Waals surface area contributed by atoms with Gasteiger partial charge in [-0.2, -0.15) is 18.3 Å². The van der Waals surface area contributed by atoms with Gasteiger partial charge in [0.25, 0.3) is 5.91 Å².